The van der Waals surface area contributed by atoms with Gasteiger partial charge in [0.1, 0.15) is 18.2 Å². The maximum absolute atomic E-state index is 14.1. The van der Waals surface area contributed by atoms with E-state index in [1.54, 1.807) is 28.4 Å². The maximum atomic E-state index is 14.1. The van der Waals surface area contributed by atoms with Crippen LogP contribution in [0.15, 0.2) is 24.3 Å². The van der Waals surface area contributed by atoms with E-state index < -0.39 is 33.4 Å². The van der Waals surface area contributed by atoms with Crippen LogP contribution in [-0.4, -0.2) is 78.0 Å². The fraction of sp³-hybridized carbons (Fsp3) is 0.640. The Balaban J connectivity index is 1.51. The zero-order valence-corrected chi connectivity index (χ0v) is 21.9. The quantitative estimate of drug-likeness (QED) is 0.482. The molecule has 3 amide bonds. The summed E-state index contributed by atoms with van der Waals surface area (Å²) in [6.07, 6.45) is 1.98. The lowest BCUT2D eigenvalue weighted by molar-refractivity contribution is -0.143. The van der Waals surface area contributed by atoms with Crippen LogP contribution in [-0.2, 0) is 21.1 Å². The molecule has 6 atom stereocenters. The fourth-order valence-corrected chi connectivity index (χ4v) is 9.06. The number of carbonyl (C=O) groups is 3. The summed E-state index contributed by atoms with van der Waals surface area (Å²) >= 11 is 1.62. The van der Waals surface area contributed by atoms with Crippen LogP contribution in [0, 0.1) is 17.8 Å². The summed E-state index contributed by atoms with van der Waals surface area (Å²) in [4.78, 5) is 42.7. The van der Waals surface area contributed by atoms with Crippen molar-refractivity contribution in [2.75, 3.05) is 13.7 Å². The van der Waals surface area contributed by atoms with Crippen molar-refractivity contribution in [3.63, 3.8) is 0 Å². The van der Waals surface area contributed by atoms with E-state index in [1.807, 2.05) is 45.0 Å². The Kier molecular flexibility index (Phi) is 6.27. The Morgan fingerprint density at radius 3 is 2.69 bits per heavy atom. The van der Waals surface area contributed by atoms with Gasteiger partial charge in [0.15, 0.2) is 0 Å². The third-order valence-electron chi connectivity index (χ3n) is 8.16. The van der Waals surface area contributed by atoms with Gasteiger partial charge >= 0.3 is 0 Å². The maximum Gasteiger partial charge on any atom is 0.245 e. The summed E-state index contributed by atoms with van der Waals surface area (Å²) < 4.78 is 0.483. The van der Waals surface area contributed by atoms with Crippen LogP contribution in [0.1, 0.15) is 40.0 Å². The lowest BCUT2D eigenvalue weighted by atomic mass is 9.66. The van der Waals surface area contributed by atoms with Gasteiger partial charge in [-0.1, -0.05) is 31.2 Å². The van der Waals surface area contributed by atoms with E-state index in [0.717, 1.165) is 17.5 Å². The van der Waals surface area contributed by atoms with Crippen molar-refractivity contribution in [3.05, 3.63) is 24.3 Å². The van der Waals surface area contributed by atoms with E-state index in [9.17, 15) is 19.5 Å². The molecule has 2 aromatic rings. The van der Waals surface area contributed by atoms with Crippen molar-refractivity contribution in [3.8, 4) is 0 Å². The largest absolute Gasteiger partial charge is 0.394 e. The smallest absolute Gasteiger partial charge is 0.245 e. The Bertz CT molecular complexity index is 1200. The number of nitrogens with one attached hydrogen (secondary N) is 2. The molecule has 11 heteroatoms. The topological polar surface area (TPSA) is 129 Å². The number of hydrogen-bond donors (Lipinski definition) is 3. The SMILES string of the molecule is CNC(=O)[C@@H]1[C@H]2C(=O)N([C@@H](CO)CC(C)C)C(C(=O)NCn3nnc4ccccc43)C23CC[C@@]1(C)S3. The number of para-hydroxylation sites is 1. The van der Waals surface area contributed by atoms with E-state index in [1.165, 1.54) is 0 Å². The number of rotatable bonds is 8. The summed E-state index contributed by atoms with van der Waals surface area (Å²) in [7, 11) is 1.59. The molecule has 2 unspecified atom stereocenters. The third kappa shape index (κ3) is 3.61. The molecule has 3 aliphatic heterocycles. The number of aliphatic hydroxyl groups excluding tert-OH is 1. The molecule has 2 bridgehead atoms. The van der Waals surface area contributed by atoms with Gasteiger partial charge in [0.2, 0.25) is 17.7 Å². The van der Waals surface area contributed by atoms with Crippen molar-refractivity contribution in [2.45, 2.75) is 68.3 Å². The monoisotopic (exact) mass is 514 g/mol. The summed E-state index contributed by atoms with van der Waals surface area (Å²) in [6.45, 7) is 5.96. The van der Waals surface area contributed by atoms with E-state index in [2.05, 4.69) is 20.9 Å². The van der Waals surface area contributed by atoms with E-state index in [4.69, 9.17) is 0 Å². The highest BCUT2D eigenvalue weighted by Crippen LogP contribution is 2.71. The number of fused-ring (bicyclic) bond motifs is 2. The summed E-state index contributed by atoms with van der Waals surface area (Å²) in [5, 5.41) is 24.4. The van der Waals surface area contributed by atoms with Crippen molar-refractivity contribution in [1.29, 1.82) is 0 Å². The number of nitrogens with zero attached hydrogens (tertiary/aromatic N) is 4. The minimum absolute atomic E-state index is 0.105. The molecule has 3 fully saturated rings. The second-order valence-electron chi connectivity index (χ2n) is 10.8. The molecular formula is C25H34N6O4S. The molecule has 3 saturated heterocycles. The molecular weight excluding hydrogens is 480 g/mol. The van der Waals surface area contributed by atoms with Gasteiger partial charge in [-0.15, -0.1) is 16.9 Å². The summed E-state index contributed by atoms with van der Waals surface area (Å²) in [5.41, 5.74) is 1.52. The standard InChI is InChI=1S/C25H34N6O4S/c1-14(2)11-15(12-32)31-20(22(34)27-13-30-17-8-6-5-7-16(17)28-29-30)25-10-9-24(3,36-25)18(21(33)26-4)19(25)23(31)35/h5-8,14-15,18-20,32H,9-13H2,1-4H3,(H,26,33)(H,27,34)/t15-,18+,19+,20?,24-,25?/m1/s1. The highest BCUT2D eigenvalue weighted by atomic mass is 32.2. The second-order valence-corrected chi connectivity index (χ2v) is 12.7. The Labute approximate surface area is 214 Å². The molecule has 0 aliphatic carbocycles. The molecule has 1 spiro atoms. The van der Waals surface area contributed by atoms with Gasteiger partial charge in [0, 0.05) is 11.8 Å². The first kappa shape index (κ1) is 25.0. The summed E-state index contributed by atoms with van der Waals surface area (Å²) in [6, 6.07) is 6.21. The van der Waals surface area contributed by atoms with Gasteiger partial charge in [-0.3, -0.25) is 14.4 Å². The van der Waals surface area contributed by atoms with Gasteiger partial charge < -0.3 is 20.6 Å². The van der Waals surface area contributed by atoms with Crippen LogP contribution in [0.4, 0.5) is 0 Å². The van der Waals surface area contributed by atoms with Gasteiger partial charge in [-0.25, -0.2) is 4.68 Å². The van der Waals surface area contributed by atoms with Gasteiger partial charge in [-0.2, -0.15) is 0 Å². The zero-order valence-electron chi connectivity index (χ0n) is 21.1. The summed E-state index contributed by atoms with van der Waals surface area (Å²) in [5.74, 6) is -1.57. The van der Waals surface area contributed by atoms with E-state index in [-0.39, 0.29) is 36.9 Å². The predicted octanol–water partition coefficient (Wildman–Crippen LogP) is 1.14. The van der Waals surface area contributed by atoms with E-state index >= 15 is 0 Å². The molecule has 0 saturated carbocycles. The number of likely N-dealkylation sites (tertiary alicyclic amines) is 1. The molecule has 36 heavy (non-hydrogen) atoms. The number of amides is 3. The van der Waals surface area contributed by atoms with Crippen LogP contribution in [0.25, 0.3) is 11.0 Å². The van der Waals surface area contributed by atoms with Crippen molar-refractivity contribution in [2.24, 2.45) is 17.8 Å². The third-order valence-corrected chi connectivity index (χ3v) is 10.1. The minimum Gasteiger partial charge on any atom is -0.394 e. The van der Waals surface area contributed by atoms with Crippen LogP contribution in [0.2, 0.25) is 0 Å². The molecule has 1 aromatic heterocycles. The molecule has 1 aromatic carbocycles. The first-order valence-electron chi connectivity index (χ1n) is 12.6. The van der Waals surface area contributed by atoms with Crippen LogP contribution in [0.5, 0.6) is 0 Å². The van der Waals surface area contributed by atoms with Crippen LogP contribution < -0.4 is 10.6 Å². The number of carbonyl (C=O) groups excluding carboxylic acids is 3. The fourth-order valence-electron chi connectivity index (χ4n) is 6.72. The van der Waals surface area contributed by atoms with Gasteiger partial charge in [0.25, 0.3) is 0 Å². The molecule has 194 valence electrons. The van der Waals surface area contributed by atoms with Crippen molar-refractivity contribution in [1.82, 2.24) is 30.5 Å². The van der Waals surface area contributed by atoms with Crippen LogP contribution in [0.3, 0.4) is 0 Å². The zero-order chi connectivity index (χ0) is 25.8. The average Bonchev–Trinajstić information content (AvgIpc) is 3.56. The molecule has 3 aliphatic rings. The number of thioether (sulfide) groups is 1. The Morgan fingerprint density at radius 1 is 1.25 bits per heavy atom. The number of hydrogen-bond acceptors (Lipinski definition) is 7. The van der Waals surface area contributed by atoms with Crippen LogP contribution >= 0.6 is 11.8 Å². The first-order valence-corrected chi connectivity index (χ1v) is 13.4. The highest BCUT2D eigenvalue weighted by Gasteiger charge is 2.77. The average molecular weight is 515 g/mol. The molecule has 0 radical (unpaired) electrons. The number of benzene rings is 1. The lowest BCUT2D eigenvalue weighted by Crippen LogP contribution is -2.57. The van der Waals surface area contributed by atoms with E-state index in [0.29, 0.717) is 12.8 Å². The minimum atomic E-state index is -0.790. The second kappa shape index (κ2) is 9.02. The van der Waals surface area contributed by atoms with Crippen molar-refractivity contribution >= 4 is 40.5 Å². The Morgan fingerprint density at radius 2 is 2.00 bits per heavy atom. The normalized spacial score (nSPS) is 31.8. The molecule has 3 N–H and O–H groups in total. The molecule has 10 nitrogen and oxygen atoms in total. The molecule has 5 rings (SSSR count). The van der Waals surface area contributed by atoms with Gasteiger partial charge in [-0.05, 0) is 44.2 Å². The van der Waals surface area contributed by atoms with Crippen molar-refractivity contribution < 1.29 is 19.5 Å². The predicted molar refractivity (Wildman–Crippen MR) is 136 cm³/mol. The first-order chi connectivity index (χ1) is 17.2. The highest BCUT2D eigenvalue weighted by molar-refractivity contribution is 8.02. The number of aliphatic hydroxyl groups is 1. The lowest BCUT2D eigenvalue weighted by Gasteiger charge is -2.37. The Hall–Kier alpha value is -2.66. The van der Waals surface area contributed by atoms with Gasteiger partial charge in [0.05, 0.1) is 34.7 Å². The molecule has 4 heterocycles. The number of aromatic nitrogens is 3.